The van der Waals surface area contributed by atoms with Crippen LogP contribution in [-0.4, -0.2) is 50.3 Å². The number of hydrogen-bond acceptors (Lipinski definition) is 3. The van der Waals surface area contributed by atoms with Crippen LogP contribution < -0.4 is 15.5 Å². The summed E-state index contributed by atoms with van der Waals surface area (Å²) < 4.78 is 0. The van der Waals surface area contributed by atoms with Crippen LogP contribution in [0.5, 0.6) is 0 Å². The van der Waals surface area contributed by atoms with E-state index in [0.717, 1.165) is 36.9 Å². The van der Waals surface area contributed by atoms with Gasteiger partial charge >= 0.3 is 0 Å². The van der Waals surface area contributed by atoms with Crippen molar-refractivity contribution < 1.29 is 0 Å². The van der Waals surface area contributed by atoms with E-state index in [1.54, 1.807) is 0 Å². The second kappa shape index (κ2) is 8.56. The van der Waals surface area contributed by atoms with Gasteiger partial charge < -0.3 is 20.4 Å². The minimum absolute atomic E-state index is 0.641. The highest BCUT2D eigenvalue weighted by molar-refractivity contribution is 7.80. The van der Waals surface area contributed by atoms with Crippen molar-refractivity contribution in [1.82, 2.24) is 10.2 Å². The fourth-order valence-electron chi connectivity index (χ4n) is 2.58. The molecule has 1 aromatic carbocycles. The molecule has 6 heteroatoms. The molecule has 1 aliphatic rings. The third kappa shape index (κ3) is 5.30. The Bertz CT molecular complexity index is 501. The molecule has 0 aromatic heterocycles. The van der Waals surface area contributed by atoms with E-state index < -0.39 is 0 Å². The van der Waals surface area contributed by atoms with Crippen molar-refractivity contribution in [3.05, 3.63) is 23.2 Å². The number of piperidine rings is 1. The van der Waals surface area contributed by atoms with Crippen LogP contribution in [-0.2, 0) is 0 Å². The predicted molar refractivity (Wildman–Crippen MR) is 100 cm³/mol. The van der Waals surface area contributed by atoms with Gasteiger partial charge in [-0.25, -0.2) is 0 Å². The highest BCUT2D eigenvalue weighted by Crippen LogP contribution is 2.31. The average Bonchev–Trinajstić information content (AvgIpc) is 2.48. The molecule has 0 amide bonds. The Labute approximate surface area is 143 Å². The van der Waals surface area contributed by atoms with Crippen molar-refractivity contribution in [3.63, 3.8) is 0 Å². The van der Waals surface area contributed by atoms with Crippen molar-refractivity contribution in [2.45, 2.75) is 19.3 Å². The Kier molecular flexibility index (Phi) is 6.73. The summed E-state index contributed by atoms with van der Waals surface area (Å²) in [4.78, 5) is 4.53. The number of rotatable bonds is 5. The number of anilines is 2. The molecule has 0 saturated carbocycles. The first-order chi connectivity index (χ1) is 10.6. The highest BCUT2D eigenvalue weighted by atomic mass is 35.5. The highest BCUT2D eigenvalue weighted by Gasteiger charge is 2.15. The number of hydrogen-bond donors (Lipinski definition) is 2. The maximum absolute atomic E-state index is 6.16. The quantitative estimate of drug-likeness (QED) is 0.804. The number of halogens is 1. The molecule has 1 fully saturated rings. The molecule has 1 heterocycles. The van der Waals surface area contributed by atoms with E-state index in [1.165, 1.54) is 24.9 Å². The lowest BCUT2D eigenvalue weighted by atomic mass is 10.1. The predicted octanol–water partition coefficient (Wildman–Crippen LogP) is 3.18. The average molecular weight is 341 g/mol. The van der Waals surface area contributed by atoms with E-state index >= 15 is 0 Å². The summed E-state index contributed by atoms with van der Waals surface area (Å²) in [7, 11) is 4.09. The molecule has 4 nitrogen and oxygen atoms in total. The van der Waals surface area contributed by atoms with Crippen molar-refractivity contribution in [2.75, 3.05) is 50.5 Å². The molecule has 22 heavy (non-hydrogen) atoms. The van der Waals surface area contributed by atoms with Crippen LogP contribution in [0.2, 0.25) is 5.02 Å². The first-order valence-corrected chi connectivity index (χ1v) is 8.59. The van der Waals surface area contributed by atoms with Crippen LogP contribution in [0.15, 0.2) is 18.2 Å². The maximum atomic E-state index is 6.16. The van der Waals surface area contributed by atoms with Gasteiger partial charge in [-0.3, -0.25) is 0 Å². The lowest BCUT2D eigenvalue weighted by Gasteiger charge is -2.31. The molecule has 2 N–H and O–H groups in total. The van der Waals surface area contributed by atoms with Gasteiger partial charge in [0, 0.05) is 31.2 Å². The lowest BCUT2D eigenvalue weighted by molar-refractivity contribution is 0.413. The Morgan fingerprint density at radius 3 is 2.68 bits per heavy atom. The molecule has 1 saturated heterocycles. The van der Waals surface area contributed by atoms with Gasteiger partial charge in [-0.05, 0) is 63.8 Å². The minimum Gasteiger partial charge on any atom is -0.370 e. The smallest absolute Gasteiger partial charge is 0.170 e. The summed E-state index contributed by atoms with van der Waals surface area (Å²) in [5.41, 5.74) is 2.16. The van der Waals surface area contributed by atoms with Crippen molar-refractivity contribution in [3.8, 4) is 0 Å². The number of likely N-dealkylation sites (N-methyl/N-ethyl adjacent to an activating group) is 1. The number of benzene rings is 1. The summed E-state index contributed by atoms with van der Waals surface area (Å²) in [5, 5.41) is 7.89. The topological polar surface area (TPSA) is 30.5 Å². The van der Waals surface area contributed by atoms with Gasteiger partial charge in [-0.1, -0.05) is 11.6 Å². The van der Waals surface area contributed by atoms with E-state index in [4.69, 9.17) is 23.8 Å². The fourth-order valence-corrected chi connectivity index (χ4v) is 2.96. The standard InChI is InChI=1S/C16H25ClN4S/c1-20(2)11-8-18-16(22)19-14-12-13(17)6-7-15(14)21-9-4-3-5-10-21/h6-7,12H,3-5,8-11H2,1-2H3,(H2,18,19,22). The fraction of sp³-hybridized carbons (Fsp3) is 0.562. The molecule has 1 aromatic rings. The van der Waals surface area contributed by atoms with Crippen LogP contribution in [0.4, 0.5) is 11.4 Å². The van der Waals surface area contributed by atoms with Gasteiger partial charge in [-0.2, -0.15) is 0 Å². The Balaban J connectivity index is 2.02. The molecule has 0 bridgehead atoms. The van der Waals surface area contributed by atoms with E-state index in [-0.39, 0.29) is 0 Å². The SMILES string of the molecule is CN(C)CCNC(=S)Nc1cc(Cl)ccc1N1CCCCC1. The monoisotopic (exact) mass is 340 g/mol. The van der Waals surface area contributed by atoms with Gasteiger partial charge in [0.2, 0.25) is 0 Å². The van der Waals surface area contributed by atoms with Gasteiger partial charge in [-0.15, -0.1) is 0 Å². The summed E-state index contributed by atoms with van der Waals surface area (Å²) in [6.07, 6.45) is 3.80. The second-order valence-corrected chi connectivity index (χ2v) is 6.74. The molecule has 122 valence electrons. The van der Waals surface area contributed by atoms with Crippen LogP contribution >= 0.6 is 23.8 Å². The molecule has 0 spiro atoms. The number of nitrogens with one attached hydrogen (secondary N) is 2. The van der Waals surface area contributed by atoms with Gasteiger partial charge in [0.1, 0.15) is 0 Å². The zero-order valence-electron chi connectivity index (χ0n) is 13.4. The van der Waals surface area contributed by atoms with Crippen LogP contribution in [0.25, 0.3) is 0 Å². The molecular formula is C16H25ClN4S. The molecular weight excluding hydrogens is 316 g/mol. The molecule has 1 aliphatic heterocycles. The number of thiocarbonyl (C=S) groups is 1. The largest absolute Gasteiger partial charge is 0.370 e. The van der Waals surface area contributed by atoms with E-state index in [1.807, 2.05) is 26.2 Å². The molecule has 0 atom stereocenters. The lowest BCUT2D eigenvalue weighted by Crippen LogP contribution is -2.35. The van der Waals surface area contributed by atoms with E-state index in [2.05, 4.69) is 26.5 Å². The Morgan fingerprint density at radius 2 is 2.00 bits per heavy atom. The summed E-state index contributed by atoms with van der Waals surface area (Å²) >= 11 is 11.5. The van der Waals surface area contributed by atoms with E-state index in [0.29, 0.717) is 5.11 Å². The summed E-state index contributed by atoms with van der Waals surface area (Å²) in [6, 6.07) is 5.98. The Morgan fingerprint density at radius 1 is 1.27 bits per heavy atom. The van der Waals surface area contributed by atoms with Crippen LogP contribution in [0.3, 0.4) is 0 Å². The number of nitrogens with zero attached hydrogens (tertiary/aromatic N) is 2. The minimum atomic E-state index is 0.641. The van der Waals surface area contributed by atoms with Crippen molar-refractivity contribution >= 4 is 40.3 Å². The van der Waals surface area contributed by atoms with Gasteiger partial charge in [0.15, 0.2) is 5.11 Å². The third-order valence-electron chi connectivity index (χ3n) is 3.75. The van der Waals surface area contributed by atoms with Gasteiger partial charge in [0.05, 0.1) is 11.4 Å². The Hall–Kier alpha value is -1.04. The first kappa shape index (κ1) is 17.3. The normalized spacial score (nSPS) is 15.0. The molecule has 0 unspecified atom stereocenters. The van der Waals surface area contributed by atoms with Crippen LogP contribution in [0.1, 0.15) is 19.3 Å². The summed E-state index contributed by atoms with van der Waals surface area (Å²) in [6.45, 7) is 3.95. The second-order valence-electron chi connectivity index (χ2n) is 5.89. The zero-order chi connectivity index (χ0) is 15.9. The third-order valence-corrected chi connectivity index (χ3v) is 4.23. The molecule has 0 radical (unpaired) electrons. The first-order valence-electron chi connectivity index (χ1n) is 7.80. The maximum Gasteiger partial charge on any atom is 0.170 e. The van der Waals surface area contributed by atoms with Gasteiger partial charge in [0.25, 0.3) is 0 Å². The van der Waals surface area contributed by atoms with Crippen molar-refractivity contribution in [2.24, 2.45) is 0 Å². The zero-order valence-corrected chi connectivity index (χ0v) is 14.9. The van der Waals surface area contributed by atoms with Crippen molar-refractivity contribution in [1.29, 1.82) is 0 Å². The molecule has 2 rings (SSSR count). The molecule has 0 aliphatic carbocycles. The van der Waals surface area contributed by atoms with Crippen LogP contribution in [0, 0.1) is 0 Å². The van der Waals surface area contributed by atoms with E-state index in [9.17, 15) is 0 Å². The summed E-state index contributed by atoms with van der Waals surface area (Å²) in [5.74, 6) is 0.